The zero-order chi connectivity index (χ0) is 14.6. The number of aryl methyl sites for hydroxylation is 1. The fourth-order valence-electron chi connectivity index (χ4n) is 1.88. The van der Waals surface area contributed by atoms with Crippen molar-refractivity contribution in [2.24, 2.45) is 0 Å². The lowest BCUT2D eigenvalue weighted by Crippen LogP contribution is -2.27. The molecular weight excluding hydrogens is 254 g/mol. The third kappa shape index (κ3) is 7.48. The van der Waals surface area contributed by atoms with E-state index in [1.54, 1.807) is 0 Å². The highest BCUT2D eigenvalue weighted by Crippen LogP contribution is 2.11. The predicted molar refractivity (Wildman–Crippen MR) is 81.2 cm³/mol. The van der Waals surface area contributed by atoms with Crippen molar-refractivity contribution in [3.05, 3.63) is 29.8 Å². The van der Waals surface area contributed by atoms with Crippen LogP contribution in [0, 0.1) is 6.92 Å². The second-order valence-electron chi connectivity index (χ2n) is 4.54. The quantitative estimate of drug-likeness (QED) is 0.500. The summed E-state index contributed by atoms with van der Waals surface area (Å²) in [6.45, 7) is 9.73. The molecule has 0 bridgehead atoms. The molecule has 1 aromatic carbocycles. The van der Waals surface area contributed by atoms with Crippen molar-refractivity contribution in [1.29, 1.82) is 0 Å². The normalized spacial score (nSPS) is 11.0. The Morgan fingerprint density at radius 3 is 2.50 bits per heavy atom. The monoisotopic (exact) mass is 281 g/mol. The molecule has 1 rings (SSSR count). The summed E-state index contributed by atoms with van der Waals surface area (Å²) in [5, 5.41) is 3.33. The lowest BCUT2D eigenvalue weighted by Gasteiger charge is -2.17. The summed E-state index contributed by atoms with van der Waals surface area (Å²) in [5.41, 5.74) is 1.21. The van der Waals surface area contributed by atoms with E-state index < -0.39 is 0 Å². The van der Waals surface area contributed by atoms with Gasteiger partial charge in [-0.3, -0.25) is 0 Å². The first-order valence-corrected chi connectivity index (χ1v) is 7.39. The van der Waals surface area contributed by atoms with Crippen molar-refractivity contribution in [2.75, 3.05) is 32.9 Å². The largest absolute Gasteiger partial charge is 0.492 e. The van der Waals surface area contributed by atoms with Gasteiger partial charge < -0.3 is 19.5 Å². The summed E-state index contributed by atoms with van der Waals surface area (Å²) in [4.78, 5) is 0. The summed E-state index contributed by atoms with van der Waals surface area (Å²) >= 11 is 0. The van der Waals surface area contributed by atoms with E-state index in [1.165, 1.54) is 5.56 Å². The second kappa shape index (κ2) is 10.7. The molecule has 0 aliphatic heterocycles. The van der Waals surface area contributed by atoms with E-state index in [-0.39, 0.29) is 6.29 Å². The Labute approximate surface area is 122 Å². The van der Waals surface area contributed by atoms with Crippen LogP contribution in [0.25, 0.3) is 0 Å². The van der Waals surface area contributed by atoms with Crippen molar-refractivity contribution in [1.82, 2.24) is 5.32 Å². The van der Waals surface area contributed by atoms with Crippen molar-refractivity contribution >= 4 is 0 Å². The highest BCUT2D eigenvalue weighted by atomic mass is 16.7. The van der Waals surface area contributed by atoms with E-state index in [1.807, 2.05) is 32.0 Å². The Morgan fingerprint density at radius 1 is 1.10 bits per heavy atom. The Morgan fingerprint density at radius 2 is 1.85 bits per heavy atom. The minimum Gasteiger partial charge on any atom is -0.492 e. The van der Waals surface area contributed by atoms with Crippen molar-refractivity contribution in [3.8, 4) is 5.75 Å². The van der Waals surface area contributed by atoms with Crippen LogP contribution in [-0.4, -0.2) is 39.2 Å². The molecular formula is C16H27NO3. The third-order valence-corrected chi connectivity index (χ3v) is 2.80. The molecule has 0 spiro atoms. The molecule has 1 aromatic rings. The molecule has 1 N–H and O–H groups in total. The van der Waals surface area contributed by atoms with Gasteiger partial charge in [-0.1, -0.05) is 12.1 Å². The summed E-state index contributed by atoms with van der Waals surface area (Å²) in [6.07, 6.45) is 0.752. The van der Waals surface area contributed by atoms with Gasteiger partial charge in [0.2, 0.25) is 0 Å². The maximum absolute atomic E-state index is 5.66. The fraction of sp³-hybridized carbons (Fsp3) is 0.625. The average Bonchev–Trinajstić information content (AvgIpc) is 2.43. The number of hydrogen-bond acceptors (Lipinski definition) is 4. The lowest BCUT2D eigenvalue weighted by atomic mass is 10.2. The molecule has 114 valence electrons. The fourth-order valence-corrected chi connectivity index (χ4v) is 1.88. The number of ether oxygens (including phenoxy) is 3. The minimum atomic E-state index is -0.102. The van der Waals surface area contributed by atoms with Crippen molar-refractivity contribution < 1.29 is 14.2 Å². The van der Waals surface area contributed by atoms with E-state index in [0.717, 1.165) is 25.3 Å². The van der Waals surface area contributed by atoms with Gasteiger partial charge in [-0.05, 0) is 38.5 Å². The first-order chi connectivity index (χ1) is 9.76. The predicted octanol–water partition coefficient (Wildman–Crippen LogP) is 2.75. The molecule has 0 radical (unpaired) electrons. The third-order valence-electron chi connectivity index (χ3n) is 2.80. The van der Waals surface area contributed by atoms with Gasteiger partial charge in [0.1, 0.15) is 12.4 Å². The van der Waals surface area contributed by atoms with Crippen LogP contribution in [0.1, 0.15) is 25.8 Å². The number of rotatable bonds is 11. The maximum atomic E-state index is 5.66. The van der Waals surface area contributed by atoms with Crippen LogP contribution < -0.4 is 10.1 Å². The van der Waals surface area contributed by atoms with E-state index >= 15 is 0 Å². The molecule has 0 amide bonds. The van der Waals surface area contributed by atoms with Gasteiger partial charge in [0, 0.05) is 32.7 Å². The molecule has 0 saturated carbocycles. The zero-order valence-electron chi connectivity index (χ0n) is 12.9. The van der Waals surface area contributed by atoms with Crippen molar-refractivity contribution in [3.63, 3.8) is 0 Å². The van der Waals surface area contributed by atoms with Crippen LogP contribution in [0.5, 0.6) is 5.75 Å². The molecule has 0 unspecified atom stereocenters. The average molecular weight is 281 g/mol. The van der Waals surface area contributed by atoms with E-state index in [0.29, 0.717) is 19.8 Å². The Bertz CT molecular complexity index is 351. The molecule has 0 aliphatic rings. The smallest absolute Gasteiger partial charge is 0.158 e. The van der Waals surface area contributed by atoms with Gasteiger partial charge in [0.25, 0.3) is 0 Å². The molecule has 20 heavy (non-hydrogen) atoms. The maximum Gasteiger partial charge on any atom is 0.158 e. The zero-order valence-corrected chi connectivity index (χ0v) is 12.9. The van der Waals surface area contributed by atoms with Crippen molar-refractivity contribution in [2.45, 2.75) is 33.5 Å². The van der Waals surface area contributed by atoms with Crippen LogP contribution in [0.2, 0.25) is 0 Å². The Balaban J connectivity index is 2.06. The van der Waals surface area contributed by atoms with Gasteiger partial charge in [-0.25, -0.2) is 0 Å². The Hall–Kier alpha value is -1.10. The number of nitrogens with one attached hydrogen (secondary N) is 1. The van der Waals surface area contributed by atoms with Crippen LogP contribution in [-0.2, 0) is 9.47 Å². The molecule has 0 atom stereocenters. The van der Waals surface area contributed by atoms with Crippen LogP contribution in [0.15, 0.2) is 24.3 Å². The topological polar surface area (TPSA) is 39.7 Å². The highest BCUT2D eigenvalue weighted by Gasteiger charge is 2.06. The van der Waals surface area contributed by atoms with Gasteiger partial charge >= 0.3 is 0 Å². The first kappa shape index (κ1) is 17.0. The standard InChI is InChI=1S/C16H27NO3/c1-4-18-16(19-5-2)9-10-17-11-12-20-15-8-6-7-14(3)13-15/h6-8,13,16-17H,4-5,9-12H2,1-3H3. The molecule has 4 heteroatoms. The summed E-state index contributed by atoms with van der Waals surface area (Å²) in [5.74, 6) is 0.924. The molecule has 0 saturated heterocycles. The Kier molecular flexibility index (Phi) is 9.04. The summed E-state index contributed by atoms with van der Waals surface area (Å²) < 4.78 is 16.6. The molecule has 0 heterocycles. The SMILES string of the molecule is CCOC(CCNCCOc1cccc(C)c1)OCC. The highest BCUT2D eigenvalue weighted by molar-refractivity contribution is 5.27. The summed E-state index contributed by atoms with van der Waals surface area (Å²) in [6, 6.07) is 8.09. The molecule has 0 aliphatic carbocycles. The second-order valence-corrected chi connectivity index (χ2v) is 4.54. The molecule has 0 fully saturated rings. The summed E-state index contributed by atoms with van der Waals surface area (Å²) in [7, 11) is 0. The van der Waals surface area contributed by atoms with Gasteiger partial charge in [0.15, 0.2) is 6.29 Å². The van der Waals surface area contributed by atoms with Crippen LogP contribution in [0.3, 0.4) is 0 Å². The van der Waals surface area contributed by atoms with E-state index in [2.05, 4.69) is 18.3 Å². The van der Waals surface area contributed by atoms with Gasteiger partial charge in [0.05, 0.1) is 0 Å². The molecule has 0 aromatic heterocycles. The van der Waals surface area contributed by atoms with E-state index in [9.17, 15) is 0 Å². The number of hydrogen-bond donors (Lipinski definition) is 1. The van der Waals surface area contributed by atoms with Crippen LogP contribution >= 0.6 is 0 Å². The van der Waals surface area contributed by atoms with E-state index in [4.69, 9.17) is 14.2 Å². The van der Waals surface area contributed by atoms with Gasteiger partial charge in [-0.2, -0.15) is 0 Å². The van der Waals surface area contributed by atoms with Crippen LogP contribution in [0.4, 0.5) is 0 Å². The minimum absolute atomic E-state index is 0.102. The van der Waals surface area contributed by atoms with Gasteiger partial charge in [-0.15, -0.1) is 0 Å². The lowest BCUT2D eigenvalue weighted by molar-refractivity contribution is -0.138. The molecule has 4 nitrogen and oxygen atoms in total. The number of benzene rings is 1. The first-order valence-electron chi connectivity index (χ1n) is 7.39.